The van der Waals surface area contributed by atoms with Crippen LogP contribution < -0.4 is 0 Å². The van der Waals surface area contributed by atoms with E-state index in [0.717, 1.165) is 96.3 Å². The number of carbonyl (C=O) groups excluding carboxylic acids is 2. The molecule has 0 rings (SSSR count). The van der Waals surface area contributed by atoms with Gasteiger partial charge in [0.25, 0.3) is 0 Å². The summed E-state index contributed by atoms with van der Waals surface area (Å²) in [5, 5.41) is 9.62. The van der Waals surface area contributed by atoms with Crippen molar-refractivity contribution in [3.05, 3.63) is 72.9 Å². The third-order valence-corrected chi connectivity index (χ3v) is 9.59. The molecule has 0 bridgehead atoms. The average molecular weight is 799 g/mol. The molecule has 0 aromatic carbocycles. The summed E-state index contributed by atoms with van der Waals surface area (Å²) >= 11 is 0. The Balaban J connectivity index is 4.34. The van der Waals surface area contributed by atoms with Gasteiger partial charge >= 0.3 is 17.9 Å². The maximum Gasteiger partial charge on any atom is 0.362 e. The Morgan fingerprint density at radius 1 is 0.544 bits per heavy atom. The minimum atomic E-state index is -0.882. The number of carboxylic acid groups (broad SMARTS) is 1. The SMILES string of the molecule is CC/C=C/C/C=C/C/C=C/C/C=C/C/C=C/CCCCCCCCC(=O)OC(COCCC(C(=O)O)[N+](C)(C)C)COC(=O)CCCCCCC/C=C/CCCC. The average Bonchev–Trinajstić information content (AvgIpc) is 3.17. The van der Waals surface area contributed by atoms with Crippen LogP contribution in [-0.2, 0) is 28.6 Å². The molecule has 0 radical (unpaired) electrons. The molecule has 1 N–H and O–H groups in total. The quantitative estimate of drug-likeness (QED) is 0.0286. The normalized spacial score (nSPS) is 13.6. The first-order valence-electron chi connectivity index (χ1n) is 22.5. The number of ether oxygens (including phenoxy) is 3. The predicted molar refractivity (Wildman–Crippen MR) is 238 cm³/mol. The van der Waals surface area contributed by atoms with Gasteiger partial charge in [-0.15, -0.1) is 0 Å². The van der Waals surface area contributed by atoms with Gasteiger partial charge in [0.15, 0.2) is 12.1 Å². The lowest BCUT2D eigenvalue weighted by Crippen LogP contribution is -2.50. The number of hydrogen-bond acceptors (Lipinski definition) is 6. The standard InChI is InChI=1S/C49H83NO7/c1-6-8-10-12-14-16-18-19-20-21-22-23-24-25-26-27-28-30-32-34-36-38-40-48(52)57-45(43-55-42-41-46(49(53)54)50(3,4)5)44-56-47(51)39-37-35-33-31-29-17-15-13-11-9-7-2/h8,10,13-16,19-20,22-23,25-26,45-46H,6-7,9,11-12,17-18,21,24,27-44H2,1-5H3/p+1/b10-8+,15-13+,16-14+,20-19+,23-22+,26-25+. The maximum absolute atomic E-state index is 12.7. The first-order valence-corrected chi connectivity index (χ1v) is 22.5. The van der Waals surface area contributed by atoms with Crippen molar-refractivity contribution in [2.45, 2.75) is 180 Å². The second-order valence-electron chi connectivity index (χ2n) is 15.9. The van der Waals surface area contributed by atoms with Gasteiger partial charge in [-0.05, 0) is 77.0 Å². The number of carbonyl (C=O) groups is 3. The number of rotatable bonds is 39. The van der Waals surface area contributed by atoms with Crippen molar-refractivity contribution in [3.63, 3.8) is 0 Å². The van der Waals surface area contributed by atoms with Crippen molar-refractivity contribution < 1.29 is 38.2 Å². The van der Waals surface area contributed by atoms with Gasteiger partial charge in [0.1, 0.15) is 6.61 Å². The molecule has 0 aliphatic rings. The van der Waals surface area contributed by atoms with Gasteiger partial charge in [0, 0.05) is 19.3 Å². The lowest BCUT2D eigenvalue weighted by atomic mass is 10.1. The number of aliphatic carboxylic acids is 1. The zero-order chi connectivity index (χ0) is 42.1. The molecule has 0 aromatic rings. The molecular weight excluding hydrogens is 715 g/mol. The number of carboxylic acids is 1. The molecule has 8 nitrogen and oxygen atoms in total. The van der Waals surface area contributed by atoms with Crippen LogP contribution in [0.25, 0.3) is 0 Å². The van der Waals surface area contributed by atoms with Gasteiger partial charge in [-0.3, -0.25) is 9.59 Å². The Hall–Kier alpha value is -3.23. The highest BCUT2D eigenvalue weighted by Gasteiger charge is 2.31. The van der Waals surface area contributed by atoms with E-state index in [2.05, 4.69) is 86.8 Å². The van der Waals surface area contributed by atoms with E-state index in [0.29, 0.717) is 19.3 Å². The number of nitrogens with zero attached hydrogens (tertiary/aromatic N) is 1. The zero-order valence-electron chi connectivity index (χ0n) is 37.0. The van der Waals surface area contributed by atoms with Gasteiger partial charge in [-0.1, -0.05) is 145 Å². The highest BCUT2D eigenvalue weighted by atomic mass is 16.6. The molecule has 2 atom stereocenters. The van der Waals surface area contributed by atoms with Crippen LogP contribution in [0.1, 0.15) is 168 Å². The van der Waals surface area contributed by atoms with E-state index in [1.54, 1.807) is 0 Å². The van der Waals surface area contributed by atoms with E-state index >= 15 is 0 Å². The van der Waals surface area contributed by atoms with E-state index in [9.17, 15) is 19.5 Å². The Labute approximate surface area is 349 Å². The second kappa shape index (κ2) is 39.6. The molecule has 2 unspecified atom stereocenters. The predicted octanol–water partition coefficient (Wildman–Crippen LogP) is 12.4. The lowest BCUT2D eigenvalue weighted by Gasteiger charge is -2.31. The minimum absolute atomic E-state index is 0.0489. The van der Waals surface area contributed by atoms with Crippen molar-refractivity contribution >= 4 is 17.9 Å². The highest BCUT2D eigenvalue weighted by molar-refractivity contribution is 5.72. The minimum Gasteiger partial charge on any atom is -0.477 e. The number of likely N-dealkylation sites (N-methyl/N-ethyl adjacent to an activating group) is 1. The summed E-state index contributed by atoms with van der Waals surface area (Å²) in [6, 6.07) is -0.621. The third kappa shape index (κ3) is 38.1. The monoisotopic (exact) mass is 799 g/mol. The number of unbranched alkanes of at least 4 members (excludes halogenated alkanes) is 13. The van der Waals surface area contributed by atoms with Gasteiger partial charge in [0.2, 0.25) is 0 Å². The first kappa shape index (κ1) is 53.8. The topological polar surface area (TPSA) is 99.1 Å². The zero-order valence-corrected chi connectivity index (χ0v) is 37.0. The number of esters is 2. The molecule has 57 heavy (non-hydrogen) atoms. The van der Waals surface area contributed by atoms with Gasteiger partial charge < -0.3 is 23.8 Å². The summed E-state index contributed by atoms with van der Waals surface area (Å²) < 4.78 is 17.2. The van der Waals surface area contributed by atoms with Crippen molar-refractivity contribution in [2.75, 3.05) is 41.0 Å². The fraction of sp³-hybridized carbons (Fsp3) is 0.694. The lowest BCUT2D eigenvalue weighted by molar-refractivity contribution is -0.887. The smallest absolute Gasteiger partial charge is 0.362 e. The molecule has 0 fully saturated rings. The number of allylic oxidation sites excluding steroid dienone is 12. The molecule has 0 spiro atoms. The molecule has 0 aliphatic heterocycles. The van der Waals surface area contributed by atoms with Crippen LogP contribution in [0.5, 0.6) is 0 Å². The molecule has 0 amide bonds. The van der Waals surface area contributed by atoms with Crippen LogP contribution in [0.4, 0.5) is 0 Å². The van der Waals surface area contributed by atoms with Crippen LogP contribution in [0.2, 0.25) is 0 Å². The summed E-state index contributed by atoms with van der Waals surface area (Å²) in [6.07, 6.45) is 49.4. The fourth-order valence-corrected chi connectivity index (χ4v) is 6.10. The van der Waals surface area contributed by atoms with Gasteiger partial charge in [-0.2, -0.15) is 0 Å². The van der Waals surface area contributed by atoms with Crippen LogP contribution in [0.3, 0.4) is 0 Å². The first-order chi connectivity index (χ1) is 27.6. The van der Waals surface area contributed by atoms with E-state index in [1.807, 2.05) is 21.1 Å². The molecule has 0 aliphatic carbocycles. The molecule has 0 heterocycles. The van der Waals surface area contributed by atoms with Crippen molar-refractivity contribution in [1.82, 2.24) is 0 Å². The summed E-state index contributed by atoms with van der Waals surface area (Å²) in [5.41, 5.74) is 0. The molecule has 0 aromatic heterocycles. The summed E-state index contributed by atoms with van der Waals surface area (Å²) in [6.45, 7) is 4.54. The van der Waals surface area contributed by atoms with Crippen molar-refractivity contribution in [3.8, 4) is 0 Å². The molecule has 0 saturated carbocycles. The van der Waals surface area contributed by atoms with Gasteiger partial charge in [0.05, 0.1) is 34.4 Å². The van der Waals surface area contributed by atoms with Crippen molar-refractivity contribution in [2.24, 2.45) is 0 Å². The second-order valence-corrected chi connectivity index (χ2v) is 15.9. The Bertz CT molecular complexity index is 1160. The van der Waals surface area contributed by atoms with Crippen LogP contribution in [0, 0.1) is 0 Å². The molecule has 326 valence electrons. The Morgan fingerprint density at radius 3 is 1.47 bits per heavy atom. The summed E-state index contributed by atoms with van der Waals surface area (Å²) in [7, 11) is 5.51. The largest absolute Gasteiger partial charge is 0.477 e. The van der Waals surface area contributed by atoms with E-state index in [1.165, 1.54) is 38.5 Å². The molecule has 8 heteroatoms. The number of hydrogen-bond donors (Lipinski definition) is 1. The summed E-state index contributed by atoms with van der Waals surface area (Å²) in [5.74, 6) is -1.51. The fourth-order valence-electron chi connectivity index (χ4n) is 6.10. The Kier molecular flexibility index (Phi) is 37.3. The maximum atomic E-state index is 12.7. The van der Waals surface area contributed by atoms with Crippen molar-refractivity contribution in [1.29, 1.82) is 0 Å². The van der Waals surface area contributed by atoms with Gasteiger partial charge in [-0.25, -0.2) is 4.79 Å². The summed E-state index contributed by atoms with van der Waals surface area (Å²) in [4.78, 5) is 36.9. The van der Waals surface area contributed by atoms with E-state index < -0.39 is 18.1 Å². The third-order valence-electron chi connectivity index (χ3n) is 9.59. The van der Waals surface area contributed by atoms with Crippen LogP contribution in [-0.4, -0.2) is 80.6 Å². The highest BCUT2D eigenvalue weighted by Crippen LogP contribution is 2.13. The van der Waals surface area contributed by atoms with E-state index in [-0.39, 0.29) is 36.2 Å². The van der Waals surface area contributed by atoms with Crippen LogP contribution in [0.15, 0.2) is 72.9 Å². The van der Waals surface area contributed by atoms with Crippen LogP contribution >= 0.6 is 0 Å². The Morgan fingerprint density at radius 2 is 0.982 bits per heavy atom. The number of quaternary nitrogens is 1. The van der Waals surface area contributed by atoms with E-state index in [4.69, 9.17) is 14.2 Å². The molecular formula is C49H84NO7+. The molecule has 0 saturated heterocycles.